The zero-order valence-corrected chi connectivity index (χ0v) is 13.3. The summed E-state index contributed by atoms with van der Waals surface area (Å²) >= 11 is 0. The quantitative estimate of drug-likeness (QED) is 0.865. The van der Waals surface area contributed by atoms with Gasteiger partial charge in [-0.1, -0.05) is 38.5 Å². The molecule has 1 rings (SSSR count). The number of nitrogens with zero attached hydrogens (tertiary/aromatic N) is 1. The van der Waals surface area contributed by atoms with Crippen molar-refractivity contribution in [2.75, 3.05) is 19.6 Å². The summed E-state index contributed by atoms with van der Waals surface area (Å²) in [6.45, 7) is 13.6. The van der Waals surface area contributed by atoms with Crippen LogP contribution in [0.15, 0.2) is 23.1 Å². The van der Waals surface area contributed by atoms with Crippen LogP contribution in [0.25, 0.3) is 0 Å². The molecule has 0 fully saturated rings. The average molecular weight is 287 g/mol. The molecule has 4 nitrogen and oxygen atoms in total. The van der Waals surface area contributed by atoms with Crippen molar-refractivity contribution in [1.29, 1.82) is 0 Å². The summed E-state index contributed by atoms with van der Waals surface area (Å²) < 4.78 is 30.2. The third-order valence-corrected chi connectivity index (χ3v) is 3.96. The first-order chi connectivity index (χ1) is 8.76. The molecule has 0 unspecified atom stereocenters. The van der Waals surface area contributed by atoms with Crippen LogP contribution in [0.1, 0.15) is 31.9 Å². The van der Waals surface area contributed by atoms with E-state index in [-0.39, 0.29) is 4.90 Å². The van der Waals surface area contributed by atoms with E-state index in [4.69, 9.17) is 4.55 Å². The Morgan fingerprint density at radius 1 is 1.05 bits per heavy atom. The van der Waals surface area contributed by atoms with Gasteiger partial charge >= 0.3 is 0 Å². The maximum Gasteiger partial charge on any atom is 0.294 e. The van der Waals surface area contributed by atoms with Crippen LogP contribution in [0, 0.1) is 13.8 Å². The SMILES string of the molecule is CCN(CC)CC.Cc1ccc(S(=O)(=O)O)c(C)c1. The minimum atomic E-state index is -4.05. The van der Waals surface area contributed by atoms with E-state index in [9.17, 15) is 8.42 Å². The summed E-state index contributed by atoms with van der Waals surface area (Å²) in [4.78, 5) is 2.35. The lowest BCUT2D eigenvalue weighted by molar-refractivity contribution is 0.321. The average Bonchev–Trinajstić information content (AvgIpc) is 2.30. The highest BCUT2D eigenvalue weighted by atomic mass is 32.2. The maximum absolute atomic E-state index is 10.7. The van der Waals surface area contributed by atoms with Crippen LogP contribution in [-0.4, -0.2) is 37.5 Å². The van der Waals surface area contributed by atoms with Crippen LogP contribution >= 0.6 is 0 Å². The van der Waals surface area contributed by atoms with Crippen molar-refractivity contribution >= 4 is 10.1 Å². The Hall–Kier alpha value is -0.910. The molecule has 0 aliphatic carbocycles. The zero-order chi connectivity index (χ0) is 15.1. The van der Waals surface area contributed by atoms with Crippen LogP contribution in [0.5, 0.6) is 0 Å². The molecule has 0 aliphatic rings. The second-order valence-electron chi connectivity index (χ2n) is 4.36. The van der Waals surface area contributed by atoms with Gasteiger partial charge in [0.05, 0.1) is 4.90 Å². The zero-order valence-electron chi connectivity index (χ0n) is 12.5. The topological polar surface area (TPSA) is 57.6 Å². The van der Waals surface area contributed by atoms with Crippen LogP contribution in [0.2, 0.25) is 0 Å². The molecule has 0 saturated carbocycles. The first-order valence-electron chi connectivity index (χ1n) is 6.53. The largest absolute Gasteiger partial charge is 0.304 e. The molecule has 0 aromatic heterocycles. The van der Waals surface area contributed by atoms with Crippen molar-refractivity contribution in [1.82, 2.24) is 4.90 Å². The highest BCUT2D eigenvalue weighted by molar-refractivity contribution is 7.85. The third-order valence-electron chi connectivity index (χ3n) is 2.95. The summed E-state index contributed by atoms with van der Waals surface area (Å²) in [7, 11) is -4.05. The van der Waals surface area contributed by atoms with E-state index in [1.54, 1.807) is 19.1 Å². The van der Waals surface area contributed by atoms with Gasteiger partial charge in [-0.15, -0.1) is 0 Å². The predicted molar refractivity (Wildman–Crippen MR) is 79.2 cm³/mol. The monoisotopic (exact) mass is 287 g/mol. The van der Waals surface area contributed by atoms with Crippen LogP contribution < -0.4 is 0 Å². The Morgan fingerprint density at radius 2 is 1.53 bits per heavy atom. The molecule has 0 amide bonds. The highest BCUT2D eigenvalue weighted by Gasteiger charge is 2.11. The van der Waals surface area contributed by atoms with Crippen molar-refractivity contribution in [3.05, 3.63) is 29.3 Å². The molecule has 1 aromatic rings. The lowest BCUT2D eigenvalue weighted by atomic mass is 10.2. The van der Waals surface area contributed by atoms with Gasteiger partial charge in [0.1, 0.15) is 0 Å². The summed E-state index contributed by atoms with van der Waals surface area (Å²) in [5, 5.41) is 0. The van der Waals surface area contributed by atoms with E-state index in [1.165, 1.54) is 25.7 Å². The van der Waals surface area contributed by atoms with Crippen LogP contribution in [0.3, 0.4) is 0 Å². The Labute approximate surface area is 117 Å². The van der Waals surface area contributed by atoms with Crippen molar-refractivity contribution in [3.8, 4) is 0 Å². The number of rotatable bonds is 4. The van der Waals surface area contributed by atoms with E-state index in [0.717, 1.165) is 5.56 Å². The minimum absolute atomic E-state index is 0.0203. The minimum Gasteiger partial charge on any atom is -0.304 e. The molecule has 1 aromatic carbocycles. The molecule has 1 N–H and O–H groups in total. The molecule has 0 saturated heterocycles. The number of hydrogen-bond donors (Lipinski definition) is 1. The van der Waals surface area contributed by atoms with Gasteiger partial charge in [0.2, 0.25) is 0 Å². The Bertz CT molecular complexity index is 474. The number of hydrogen-bond acceptors (Lipinski definition) is 3. The summed E-state index contributed by atoms with van der Waals surface area (Å²) in [6.07, 6.45) is 0. The standard InChI is InChI=1S/C8H10O3S.C6H15N/c1-6-3-4-8(7(2)5-6)12(9,10)11;1-4-7(5-2)6-3/h3-5H,1-2H3,(H,9,10,11);4-6H2,1-3H3. The van der Waals surface area contributed by atoms with E-state index in [0.29, 0.717) is 5.56 Å². The van der Waals surface area contributed by atoms with Gasteiger partial charge in [-0.25, -0.2) is 0 Å². The number of aryl methyl sites for hydroxylation is 2. The highest BCUT2D eigenvalue weighted by Crippen LogP contribution is 2.15. The smallest absolute Gasteiger partial charge is 0.294 e. The van der Waals surface area contributed by atoms with Crippen molar-refractivity contribution < 1.29 is 13.0 Å². The molecule has 5 heteroatoms. The van der Waals surface area contributed by atoms with Gasteiger partial charge in [0, 0.05) is 0 Å². The first-order valence-corrected chi connectivity index (χ1v) is 7.97. The van der Waals surface area contributed by atoms with Gasteiger partial charge in [0.25, 0.3) is 10.1 Å². The van der Waals surface area contributed by atoms with E-state index in [1.807, 2.05) is 6.92 Å². The predicted octanol–water partition coefficient (Wildman–Crippen LogP) is 2.90. The number of benzene rings is 1. The van der Waals surface area contributed by atoms with E-state index in [2.05, 4.69) is 25.7 Å². The Kier molecular flexibility index (Phi) is 7.90. The van der Waals surface area contributed by atoms with Gasteiger partial charge in [-0.3, -0.25) is 4.55 Å². The van der Waals surface area contributed by atoms with Crippen LogP contribution in [-0.2, 0) is 10.1 Å². The normalized spacial score (nSPS) is 11.1. The van der Waals surface area contributed by atoms with Crippen molar-refractivity contribution in [2.24, 2.45) is 0 Å². The molecule has 0 atom stereocenters. The molecular weight excluding hydrogens is 262 g/mol. The van der Waals surface area contributed by atoms with E-state index >= 15 is 0 Å². The Morgan fingerprint density at radius 3 is 1.79 bits per heavy atom. The summed E-state index contributed by atoms with van der Waals surface area (Å²) in [5.41, 5.74) is 1.54. The molecule has 0 heterocycles. The molecule has 0 spiro atoms. The molecule has 19 heavy (non-hydrogen) atoms. The van der Waals surface area contributed by atoms with Gasteiger partial charge < -0.3 is 4.90 Å². The first kappa shape index (κ1) is 18.1. The summed E-state index contributed by atoms with van der Waals surface area (Å²) in [6, 6.07) is 4.76. The lowest BCUT2D eigenvalue weighted by Crippen LogP contribution is -2.21. The van der Waals surface area contributed by atoms with Gasteiger partial charge in [-0.05, 0) is 45.1 Å². The van der Waals surface area contributed by atoms with Crippen molar-refractivity contribution in [3.63, 3.8) is 0 Å². The second-order valence-corrected chi connectivity index (χ2v) is 5.75. The van der Waals surface area contributed by atoms with E-state index < -0.39 is 10.1 Å². The lowest BCUT2D eigenvalue weighted by Gasteiger charge is -2.13. The molecule has 0 bridgehead atoms. The fourth-order valence-corrected chi connectivity index (χ4v) is 2.47. The van der Waals surface area contributed by atoms with Crippen molar-refractivity contribution in [2.45, 2.75) is 39.5 Å². The van der Waals surface area contributed by atoms with Crippen LogP contribution in [0.4, 0.5) is 0 Å². The molecule has 110 valence electrons. The Balaban J connectivity index is 0.000000399. The fraction of sp³-hybridized carbons (Fsp3) is 0.571. The van der Waals surface area contributed by atoms with Gasteiger partial charge in [-0.2, -0.15) is 8.42 Å². The second kappa shape index (κ2) is 8.30. The molecule has 0 aliphatic heterocycles. The van der Waals surface area contributed by atoms with Gasteiger partial charge in [0.15, 0.2) is 0 Å². The fourth-order valence-electron chi connectivity index (χ4n) is 1.76. The summed E-state index contributed by atoms with van der Waals surface area (Å²) in [5.74, 6) is 0. The maximum atomic E-state index is 10.7. The third kappa shape index (κ3) is 6.71. The molecular formula is C14H25NO3S. The molecule has 0 radical (unpaired) electrons.